The average Bonchev–Trinajstić information content (AvgIpc) is 2.60. The van der Waals surface area contributed by atoms with Crippen molar-refractivity contribution in [3.8, 4) is 17.6 Å². The second-order valence-electron chi connectivity index (χ2n) is 6.35. The first-order chi connectivity index (χ1) is 12.1. The SMILES string of the molecule is CC(C)CC(C#Cc1ccccc1)Oc1cnc2c(F)cccc2c1. The van der Waals surface area contributed by atoms with Crippen LogP contribution >= 0.6 is 0 Å². The van der Waals surface area contributed by atoms with Gasteiger partial charge in [0.1, 0.15) is 17.1 Å². The van der Waals surface area contributed by atoms with E-state index in [4.69, 9.17) is 4.74 Å². The molecular weight excluding hydrogens is 313 g/mol. The van der Waals surface area contributed by atoms with Crippen molar-refractivity contribution >= 4 is 10.9 Å². The monoisotopic (exact) mass is 333 g/mol. The maximum absolute atomic E-state index is 13.7. The molecule has 0 bridgehead atoms. The number of para-hydroxylation sites is 1. The second-order valence-corrected chi connectivity index (χ2v) is 6.35. The molecule has 0 radical (unpaired) electrons. The normalized spacial score (nSPS) is 11.8. The molecule has 0 aliphatic rings. The maximum atomic E-state index is 13.7. The fourth-order valence-electron chi connectivity index (χ4n) is 2.58. The maximum Gasteiger partial charge on any atom is 0.159 e. The zero-order chi connectivity index (χ0) is 17.6. The van der Waals surface area contributed by atoms with Crippen LogP contribution in [0, 0.1) is 23.6 Å². The van der Waals surface area contributed by atoms with Crippen LogP contribution in [0.25, 0.3) is 10.9 Å². The molecule has 1 atom stereocenters. The molecule has 1 aromatic heterocycles. The van der Waals surface area contributed by atoms with Gasteiger partial charge in [0.05, 0.1) is 6.20 Å². The van der Waals surface area contributed by atoms with E-state index in [1.807, 2.05) is 42.5 Å². The Hall–Kier alpha value is -2.86. The fourth-order valence-corrected chi connectivity index (χ4v) is 2.58. The van der Waals surface area contributed by atoms with Gasteiger partial charge in [-0.2, -0.15) is 0 Å². The number of hydrogen-bond acceptors (Lipinski definition) is 2. The molecule has 2 nitrogen and oxygen atoms in total. The predicted octanol–water partition coefficient (Wildman–Crippen LogP) is 5.22. The van der Waals surface area contributed by atoms with Crippen LogP contribution in [0.5, 0.6) is 5.75 Å². The van der Waals surface area contributed by atoms with E-state index in [1.54, 1.807) is 12.3 Å². The number of aromatic nitrogens is 1. The first-order valence-electron chi connectivity index (χ1n) is 8.39. The third-order valence-electron chi connectivity index (χ3n) is 3.75. The summed E-state index contributed by atoms with van der Waals surface area (Å²) in [7, 11) is 0. The molecule has 0 spiro atoms. The number of ether oxygens (including phenoxy) is 1. The van der Waals surface area contributed by atoms with Crippen LogP contribution in [0.1, 0.15) is 25.8 Å². The number of halogens is 1. The highest BCUT2D eigenvalue weighted by Gasteiger charge is 2.11. The van der Waals surface area contributed by atoms with Crippen molar-refractivity contribution in [1.82, 2.24) is 4.98 Å². The molecule has 0 aliphatic carbocycles. The van der Waals surface area contributed by atoms with Crippen LogP contribution in [-0.4, -0.2) is 11.1 Å². The zero-order valence-corrected chi connectivity index (χ0v) is 14.4. The molecular formula is C22H20FNO. The minimum absolute atomic E-state index is 0.243. The lowest BCUT2D eigenvalue weighted by molar-refractivity contribution is 0.228. The Morgan fingerprint density at radius 1 is 1.08 bits per heavy atom. The van der Waals surface area contributed by atoms with E-state index in [0.29, 0.717) is 17.2 Å². The molecule has 1 heterocycles. The summed E-state index contributed by atoms with van der Waals surface area (Å²) in [5, 5.41) is 0.719. The number of benzene rings is 2. The van der Waals surface area contributed by atoms with Crippen LogP contribution in [0.4, 0.5) is 4.39 Å². The van der Waals surface area contributed by atoms with Crippen LogP contribution in [0.2, 0.25) is 0 Å². The van der Waals surface area contributed by atoms with E-state index in [-0.39, 0.29) is 11.9 Å². The van der Waals surface area contributed by atoms with Gasteiger partial charge in [0.25, 0.3) is 0 Å². The number of hydrogen-bond donors (Lipinski definition) is 0. The topological polar surface area (TPSA) is 22.1 Å². The van der Waals surface area contributed by atoms with Crippen molar-refractivity contribution in [1.29, 1.82) is 0 Å². The van der Waals surface area contributed by atoms with Gasteiger partial charge in [0.15, 0.2) is 6.10 Å². The van der Waals surface area contributed by atoms with Crippen LogP contribution in [0.15, 0.2) is 60.8 Å². The van der Waals surface area contributed by atoms with Gasteiger partial charge in [0.2, 0.25) is 0 Å². The van der Waals surface area contributed by atoms with E-state index in [2.05, 4.69) is 30.7 Å². The standard InChI is InChI=1S/C22H20FNO/c1-16(2)13-19(12-11-17-7-4-3-5-8-17)25-20-14-18-9-6-10-21(23)22(18)24-15-20/h3-10,14-16,19H,13H2,1-2H3. The van der Waals surface area contributed by atoms with Gasteiger partial charge in [-0.15, -0.1) is 0 Å². The van der Waals surface area contributed by atoms with Gasteiger partial charge < -0.3 is 4.74 Å². The minimum atomic E-state index is -0.327. The van der Waals surface area contributed by atoms with Gasteiger partial charge in [-0.3, -0.25) is 0 Å². The van der Waals surface area contributed by atoms with Crippen molar-refractivity contribution in [2.45, 2.75) is 26.4 Å². The summed E-state index contributed by atoms with van der Waals surface area (Å²) in [6.45, 7) is 4.27. The van der Waals surface area contributed by atoms with E-state index < -0.39 is 0 Å². The van der Waals surface area contributed by atoms with Crippen molar-refractivity contribution in [3.63, 3.8) is 0 Å². The summed E-state index contributed by atoms with van der Waals surface area (Å²) < 4.78 is 19.8. The number of rotatable bonds is 4. The van der Waals surface area contributed by atoms with Gasteiger partial charge in [-0.1, -0.05) is 56.0 Å². The Kier molecular flexibility index (Phi) is 5.30. The summed E-state index contributed by atoms with van der Waals surface area (Å²) in [4.78, 5) is 4.18. The van der Waals surface area contributed by atoms with E-state index >= 15 is 0 Å². The molecule has 1 unspecified atom stereocenters. The zero-order valence-electron chi connectivity index (χ0n) is 14.4. The van der Waals surface area contributed by atoms with Crippen molar-refractivity contribution < 1.29 is 9.13 Å². The average molecular weight is 333 g/mol. The van der Waals surface area contributed by atoms with Crippen molar-refractivity contribution in [2.75, 3.05) is 0 Å². The molecule has 0 aliphatic heterocycles. The molecule has 126 valence electrons. The third kappa shape index (κ3) is 4.58. The van der Waals surface area contributed by atoms with Gasteiger partial charge >= 0.3 is 0 Å². The summed E-state index contributed by atoms with van der Waals surface area (Å²) >= 11 is 0. The molecule has 0 fully saturated rings. The Balaban J connectivity index is 1.84. The highest BCUT2D eigenvalue weighted by Crippen LogP contribution is 2.22. The Morgan fingerprint density at radius 3 is 2.64 bits per heavy atom. The first-order valence-corrected chi connectivity index (χ1v) is 8.39. The highest BCUT2D eigenvalue weighted by molar-refractivity contribution is 5.80. The highest BCUT2D eigenvalue weighted by atomic mass is 19.1. The molecule has 3 heteroatoms. The molecule has 0 saturated carbocycles. The molecule has 0 saturated heterocycles. The van der Waals surface area contributed by atoms with Gasteiger partial charge in [-0.25, -0.2) is 9.37 Å². The number of fused-ring (bicyclic) bond motifs is 1. The van der Waals surface area contributed by atoms with Crippen LogP contribution < -0.4 is 4.74 Å². The summed E-state index contributed by atoms with van der Waals surface area (Å²) in [6, 6.07) is 16.5. The molecule has 3 rings (SSSR count). The van der Waals surface area contributed by atoms with Crippen molar-refractivity contribution in [2.24, 2.45) is 5.92 Å². The largest absolute Gasteiger partial charge is 0.476 e. The van der Waals surface area contributed by atoms with Gasteiger partial charge in [0, 0.05) is 10.9 Å². The third-order valence-corrected chi connectivity index (χ3v) is 3.75. The molecule has 25 heavy (non-hydrogen) atoms. The number of pyridine rings is 1. The quantitative estimate of drug-likeness (QED) is 0.611. The fraction of sp³-hybridized carbons (Fsp3) is 0.227. The summed E-state index contributed by atoms with van der Waals surface area (Å²) in [5.74, 6) is 7.08. The lowest BCUT2D eigenvalue weighted by Gasteiger charge is -2.16. The lowest BCUT2D eigenvalue weighted by Crippen LogP contribution is -2.17. The van der Waals surface area contributed by atoms with E-state index in [0.717, 1.165) is 17.4 Å². The lowest BCUT2D eigenvalue weighted by atomic mass is 10.1. The van der Waals surface area contributed by atoms with Crippen molar-refractivity contribution in [3.05, 3.63) is 72.2 Å². The summed E-state index contributed by atoms with van der Waals surface area (Å²) in [6.07, 6.45) is 2.12. The summed E-state index contributed by atoms with van der Waals surface area (Å²) in [5.41, 5.74) is 1.31. The smallest absolute Gasteiger partial charge is 0.159 e. The van der Waals surface area contributed by atoms with Crippen LogP contribution in [0.3, 0.4) is 0 Å². The molecule has 2 aromatic carbocycles. The minimum Gasteiger partial charge on any atom is -0.476 e. The molecule has 0 amide bonds. The number of nitrogens with zero attached hydrogens (tertiary/aromatic N) is 1. The molecule has 0 N–H and O–H groups in total. The second kappa shape index (κ2) is 7.81. The Labute approximate surface area is 147 Å². The van der Waals surface area contributed by atoms with E-state index in [1.165, 1.54) is 6.07 Å². The Morgan fingerprint density at radius 2 is 1.88 bits per heavy atom. The predicted molar refractivity (Wildman–Crippen MR) is 98.9 cm³/mol. The van der Waals surface area contributed by atoms with Gasteiger partial charge in [-0.05, 0) is 36.6 Å². The van der Waals surface area contributed by atoms with Crippen LogP contribution in [-0.2, 0) is 0 Å². The molecule has 3 aromatic rings. The Bertz CT molecular complexity index is 909. The first kappa shape index (κ1) is 17.0. The van der Waals surface area contributed by atoms with E-state index in [9.17, 15) is 4.39 Å².